The van der Waals surface area contributed by atoms with E-state index < -0.39 is 5.97 Å². The summed E-state index contributed by atoms with van der Waals surface area (Å²) in [6.45, 7) is 0. The van der Waals surface area contributed by atoms with Crippen molar-refractivity contribution >= 4 is 11.8 Å². The highest BCUT2D eigenvalue weighted by atomic mass is 16.5. The number of fused-ring (bicyclic) bond motifs is 1. The highest BCUT2D eigenvalue weighted by molar-refractivity contribution is 5.87. The van der Waals surface area contributed by atoms with Crippen molar-refractivity contribution in [1.82, 2.24) is 9.97 Å². The lowest BCUT2D eigenvalue weighted by atomic mass is 10.1. The van der Waals surface area contributed by atoms with Crippen molar-refractivity contribution < 1.29 is 9.53 Å². The number of benzene rings is 1. The average Bonchev–Trinajstić information content (AvgIpc) is 2.88. The van der Waals surface area contributed by atoms with E-state index >= 15 is 0 Å². The van der Waals surface area contributed by atoms with Crippen LogP contribution in [0.2, 0.25) is 0 Å². The second-order valence-electron chi connectivity index (χ2n) is 4.80. The zero-order valence-electron chi connectivity index (χ0n) is 11.2. The predicted molar refractivity (Wildman–Crippen MR) is 74.6 cm³/mol. The molecule has 5 nitrogen and oxygen atoms in total. The fourth-order valence-corrected chi connectivity index (χ4v) is 2.52. The van der Waals surface area contributed by atoms with Crippen LogP contribution in [0, 0.1) is 0 Å². The summed E-state index contributed by atoms with van der Waals surface area (Å²) in [5.74, 6) is 0.198. The summed E-state index contributed by atoms with van der Waals surface area (Å²) < 4.78 is 4.65. The van der Waals surface area contributed by atoms with Crippen molar-refractivity contribution in [2.75, 3.05) is 12.4 Å². The van der Waals surface area contributed by atoms with Crippen molar-refractivity contribution in [3.05, 3.63) is 53.5 Å². The van der Waals surface area contributed by atoms with Crippen LogP contribution < -0.4 is 5.32 Å². The first kappa shape index (κ1) is 12.6. The summed E-state index contributed by atoms with van der Waals surface area (Å²) in [6.07, 6.45) is 3.30. The number of aromatic nitrogens is 2. The summed E-state index contributed by atoms with van der Waals surface area (Å²) in [7, 11) is 1.34. The van der Waals surface area contributed by atoms with Gasteiger partial charge < -0.3 is 10.1 Å². The molecular weight excluding hydrogens is 254 g/mol. The normalized spacial score (nSPS) is 13.8. The van der Waals surface area contributed by atoms with Crippen molar-refractivity contribution in [2.24, 2.45) is 0 Å². The molecule has 5 heteroatoms. The average molecular weight is 269 g/mol. The Morgan fingerprint density at radius 3 is 2.60 bits per heavy atom. The number of nitrogens with zero attached hydrogens (tertiary/aromatic N) is 2. The van der Waals surface area contributed by atoms with E-state index in [0.29, 0.717) is 11.9 Å². The molecule has 1 N–H and O–H groups in total. The number of carbonyl (C=O) groups excluding carboxylic acids is 1. The molecule has 1 aliphatic carbocycles. The number of methoxy groups -OCH3 is 1. The molecule has 20 heavy (non-hydrogen) atoms. The Morgan fingerprint density at radius 2 is 1.95 bits per heavy atom. The lowest BCUT2D eigenvalue weighted by Crippen LogP contribution is -2.20. The minimum Gasteiger partial charge on any atom is -0.464 e. The lowest BCUT2D eigenvalue weighted by Gasteiger charge is -2.12. The number of hydrogen-bond donors (Lipinski definition) is 1. The number of carbonyl (C=O) groups is 1. The number of anilines is 1. The molecule has 1 aromatic heterocycles. The van der Waals surface area contributed by atoms with Gasteiger partial charge in [-0.1, -0.05) is 24.3 Å². The molecule has 0 spiro atoms. The largest absolute Gasteiger partial charge is 0.464 e. The predicted octanol–water partition coefficient (Wildman–Crippen LogP) is 1.84. The quantitative estimate of drug-likeness (QED) is 0.861. The van der Waals surface area contributed by atoms with Crippen molar-refractivity contribution in [3.63, 3.8) is 0 Å². The Labute approximate surface area is 117 Å². The number of esters is 1. The molecule has 0 fully saturated rings. The molecule has 0 saturated heterocycles. The van der Waals surface area contributed by atoms with E-state index in [2.05, 4.69) is 44.3 Å². The van der Waals surface area contributed by atoms with Crippen LogP contribution in [0.1, 0.15) is 21.6 Å². The first-order valence-electron chi connectivity index (χ1n) is 6.50. The number of rotatable bonds is 3. The molecule has 3 rings (SSSR count). The van der Waals surface area contributed by atoms with Crippen LogP contribution >= 0.6 is 0 Å². The molecule has 0 saturated carbocycles. The minimum absolute atomic E-state index is 0.264. The SMILES string of the molecule is COC(=O)c1cc(NC2Cc3ccccc3C2)ncn1. The van der Waals surface area contributed by atoms with Gasteiger partial charge in [0.15, 0.2) is 5.69 Å². The zero-order chi connectivity index (χ0) is 13.9. The van der Waals surface area contributed by atoms with Crippen LogP contribution in [-0.2, 0) is 17.6 Å². The summed E-state index contributed by atoms with van der Waals surface area (Å²) >= 11 is 0. The smallest absolute Gasteiger partial charge is 0.356 e. The monoisotopic (exact) mass is 269 g/mol. The Hall–Kier alpha value is -2.43. The standard InChI is InChI=1S/C15H15N3O2/c1-20-15(19)13-8-14(17-9-16-13)18-12-6-10-4-2-3-5-11(10)7-12/h2-5,8-9,12H,6-7H2,1H3,(H,16,17,18). The van der Waals surface area contributed by atoms with Gasteiger partial charge in [0.1, 0.15) is 12.1 Å². The first-order chi connectivity index (χ1) is 9.76. The highest BCUT2D eigenvalue weighted by Crippen LogP contribution is 2.23. The lowest BCUT2D eigenvalue weighted by molar-refractivity contribution is 0.0594. The van der Waals surface area contributed by atoms with Crippen LogP contribution in [0.5, 0.6) is 0 Å². The van der Waals surface area contributed by atoms with Gasteiger partial charge in [0, 0.05) is 12.1 Å². The van der Waals surface area contributed by atoms with Gasteiger partial charge >= 0.3 is 5.97 Å². The molecule has 0 radical (unpaired) electrons. The van der Waals surface area contributed by atoms with E-state index in [4.69, 9.17) is 0 Å². The number of hydrogen-bond acceptors (Lipinski definition) is 5. The van der Waals surface area contributed by atoms with Gasteiger partial charge in [-0.2, -0.15) is 0 Å². The van der Waals surface area contributed by atoms with Crippen LogP contribution in [0.15, 0.2) is 36.7 Å². The molecule has 0 unspecified atom stereocenters. The van der Waals surface area contributed by atoms with E-state index in [0.717, 1.165) is 12.8 Å². The third-order valence-electron chi connectivity index (χ3n) is 3.46. The molecule has 0 amide bonds. The third kappa shape index (κ3) is 2.47. The second kappa shape index (κ2) is 5.28. The molecule has 0 aliphatic heterocycles. The summed E-state index contributed by atoms with van der Waals surface area (Å²) in [5.41, 5.74) is 3.00. The van der Waals surface area contributed by atoms with E-state index in [1.54, 1.807) is 6.07 Å². The number of ether oxygens (including phenoxy) is 1. The van der Waals surface area contributed by atoms with Crippen LogP contribution in [0.25, 0.3) is 0 Å². The molecule has 1 aliphatic rings. The molecule has 1 aromatic carbocycles. The molecule has 102 valence electrons. The maximum atomic E-state index is 11.4. The Bertz CT molecular complexity index is 618. The first-order valence-corrected chi connectivity index (χ1v) is 6.50. The second-order valence-corrected chi connectivity index (χ2v) is 4.80. The zero-order valence-corrected chi connectivity index (χ0v) is 11.2. The summed E-state index contributed by atoms with van der Waals surface area (Å²) in [5, 5.41) is 3.35. The summed E-state index contributed by atoms with van der Waals surface area (Å²) in [4.78, 5) is 19.5. The highest BCUT2D eigenvalue weighted by Gasteiger charge is 2.21. The fourth-order valence-electron chi connectivity index (χ4n) is 2.52. The Kier molecular flexibility index (Phi) is 3.33. The van der Waals surface area contributed by atoms with Gasteiger partial charge in [0.25, 0.3) is 0 Å². The van der Waals surface area contributed by atoms with E-state index in [-0.39, 0.29) is 5.69 Å². The van der Waals surface area contributed by atoms with Crippen molar-refractivity contribution in [3.8, 4) is 0 Å². The molecule has 0 atom stereocenters. The fraction of sp³-hybridized carbons (Fsp3) is 0.267. The van der Waals surface area contributed by atoms with Crippen molar-refractivity contribution in [1.29, 1.82) is 0 Å². The molecule has 0 bridgehead atoms. The van der Waals surface area contributed by atoms with Crippen LogP contribution in [-0.4, -0.2) is 29.1 Å². The molecule has 2 aromatic rings. The maximum absolute atomic E-state index is 11.4. The van der Waals surface area contributed by atoms with E-state index in [1.807, 2.05) is 0 Å². The maximum Gasteiger partial charge on any atom is 0.356 e. The van der Waals surface area contributed by atoms with E-state index in [1.165, 1.54) is 24.6 Å². The summed E-state index contributed by atoms with van der Waals surface area (Å²) in [6, 6.07) is 10.3. The van der Waals surface area contributed by atoms with Gasteiger partial charge in [-0.05, 0) is 24.0 Å². The minimum atomic E-state index is -0.454. The molecular formula is C15H15N3O2. The number of nitrogens with one attached hydrogen (secondary N) is 1. The van der Waals surface area contributed by atoms with Gasteiger partial charge in [0.05, 0.1) is 7.11 Å². The molecule has 1 heterocycles. The topological polar surface area (TPSA) is 64.1 Å². The van der Waals surface area contributed by atoms with Gasteiger partial charge in [-0.3, -0.25) is 0 Å². The van der Waals surface area contributed by atoms with Gasteiger partial charge in [-0.15, -0.1) is 0 Å². The third-order valence-corrected chi connectivity index (χ3v) is 3.46. The Balaban J connectivity index is 1.72. The van der Waals surface area contributed by atoms with Crippen LogP contribution in [0.3, 0.4) is 0 Å². The Morgan fingerprint density at radius 1 is 1.25 bits per heavy atom. The van der Waals surface area contributed by atoms with Gasteiger partial charge in [0.2, 0.25) is 0 Å². The van der Waals surface area contributed by atoms with Crippen LogP contribution in [0.4, 0.5) is 5.82 Å². The van der Waals surface area contributed by atoms with Crippen molar-refractivity contribution in [2.45, 2.75) is 18.9 Å². The van der Waals surface area contributed by atoms with E-state index in [9.17, 15) is 4.79 Å². The van der Waals surface area contributed by atoms with Gasteiger partial charge in [-0.25, -0.2) is 14.8 Å².